The van der Waals surface area contributed by atoms with E-state index in [1.54, 1.807) is 0 Å². The molecule has 2 bridgehead atoms. The summed E-state index contributed by atoms with van der Waals surface area (Å²) in [4.78, 5) is 14.4. The Morgan fingerprint density at radius 1 is 1.38 bits per heavy atom. The maximum atomic E-state index is 12.4. The van der Waals surface area contributed by atoms with E-state index in [4.69, 9.17) is 11.6 Å². The van der Waals surface area contributed by atoms with Gasteiger partial charge in [0.05, 0.1) is 0 Å². The van der Waals surface area contributed by atoms with E-state index in [0.717, 1.165) is 12.3 Å². The van der Waals surface area contributed by atoms with Gasteiger partial charge < -0.3 is 4.90 Å². The van der Waals surface area contributed by atoms with Gasteiger partial charge in [0.25, 0.3) is 0 Å². The van der Waals surface area contributed by atoms with Crippen LogP contribution in [-0.4, -0.2) is 29.3 Å². The van der Waals surface area contributed by atoms with Gasteiger partial charge in [-0.25, -0.2) is 0 Å². The first-order valence-corrected chi connectivity index (χ1v) is 7.03. The van der Waals surface area contributed by atoms with E-state index in [2.05, 4.69) is 13.8 Å². The molecule has 2 aliphatic rings. The van der Waals surface area contributed by atoms with Gasteiger partial charge in [0.1, 0.15) is 0 Å². The summed E-state index contributed by atoms with van der Waals surface area (Å²) < 4.78 is 0. The smallest absolute Gasteiger partial charge is 0.226 e. The number of amides is 1. The summed E-state index contributed by atoms with van der Waals surface area (Å²) in [5.74, 6) is 2.73. The fourth-order valence-corrected chi connectivity index (χ4v) is 3.66. The average Bonchev–Trinajstić information content (AvgIpc) is 2.86. The van der Waals surface area contributed by atoms with Crippen LogP contribution in [0.3, 0.4) is 0 Å². The van der Waals surface area contributed by atoms with Gasteiger partial charge in [0, 0.05) is 24.4 Å². The summed E-state index contributed by atoms with van der Waals surface area (Å²) in [5, 5.41) is 0. The van der Waals surface area contributed by atoms with Crippen LogP contribution < -0.4 is 0 Å². The van der Waals surface area contributed by atoms with Gasteiger partial charge in [0.15, 0.2) is 0 Å². The van der Waals surface area contributed by atoms with Crippen molar-refractivity contribution >= 4 is 17.5 Å². The maximum absolute atomic E-state index is 12.4. The normalized spacial score (nSPS) is 32.4. The lowest BCUT2D eigenvalue weighted by atomic mass is 9.87. The van der Waals surface area contributed by atoms with Crippen LogP contribution >= 0.6 is 11.6 Å². The molecule has 3 atom stereocenters. The first-order chi connectivity index (χ1) is 7.63. The summed E-state index contributed by atoms with van der Waals surface area (Å²) in [6, 6.07) is 0.283. The molecule has 2 saturated carbocycles. The Hall–Kier alpha value is -0.240. The molecule has 3 heteroatoms. The van der Waals surface area contributed by atoms with Crippen molar-refractivity contribution in [3.63, 3.8) is 0 Å². The molecule has 0 aromatic carbocycles. The third-order valence-corrected chi connectivity index (χ3v) is 4.46. The molecule has 0 N–H and O–H groups in total. The van der Waals surface area contributed by atoms with Crippen molar-refractivity contribution in [1.29, 1.82) is 0 Å². The Kier molecular flexibility index (Phi) is 3.78. The van der Waals surface area contributed by atoms with Gasteiger partial charge >= 0.3 is 0 Å². The first kappa shape index (κ1) is 12.2. The number of hydrogen-bond acceptors (Lipinski definition) is 1. The predicted molar refractivity (Wildman–Crippen MR) is 66.5 cm³/mol. The Balaban J connectivity index is 2.00. The van der Waals surface area contributed by atoms with Crippen LogP contribution in [-0.2, 0) is 4.79 Å². The molecule has 0 aliphatic heterocycles. The van der Waals surface area contributed by atoms with Crippen molar-refractivity contribution in [3.8, 4) is 0 Å². The fourth-order valence-electron chi connectivity index (χ4n) is 3.47. The number of carbonyl (C=O) groups is 1. The molecule has 2 aliphatic carbocycles. The number of nitrogens with zero attached hydrogens (tertiary/aromatic N) is 1. The highest BCUT2D eigenvalue weighted by Crippen LogP contribution is 2.48. The monoisotopic (exact) mass is 243 g/mol. The van der Waals surface area contributed by atoms with Gasteiger partial charge in [-0.1, -0.05) is 6.42 Å². The Morgan fingerprint density at radius 3 is 2.56 bits per heavy atom. The van der Waals surface area contributed by atoms with Gasteiger partial charge in [-0.15, -0.1) is 11.6 Å². The maximum Gasteiger partial charge on any atom is 0.226 e. The average molecular weight is 244 g/mol. The highest BCUT2D eigenvalue weighted by molar-refractivity contribution is 6.18. The molecule has 0 saturated heterocycles. The fraction of sp³-hybridized carbons (Fsp3) is 0.923. The second kappa shape index (κ2) is 4.95. The lowest BCUT2D eigenvalue weighted by Gasteiger charge is -2.31. The molecule has 0 heterocycles. The molecule has 3 unspecified atom stereocenters. The van der Waals surface area contributed by atoms with Crippen LogP contribution in [0.1, 0.15) is 39.5 Å². The molecule has 2 nitrogen and oxygen atoms in total. The molecule has 0 aromatic rings. The third kappa shape index (κ3) is 2.22. The lowest BCUT2D eigenvalue weighted by Crippen LogP contribution is -2.43. The van der Waals surface area contributed by atoms with Crippen LogP contribution in [0.15, 0.2) is 0 Å². The van der Waals surface area contributed by atoms with E-state index < -0.39 is 0 Å². The van der Waals surface area contributed by atoms with E-state index in [0.29, 0.717) is 30.2 Å². The highest BCUT2D eigenvalue weighted by atomic mass is 35.5. The molecule has 16 heavy (non-hydrogen) atoms. The summed E-state index contributed by atoms with van der Waals surface area (Å²) in [6.07, 6.45) is 5.05. The van der Waals surface area contributed by atoms with Crippen molar-refractivity contribution < 1.29 is 4.79 Å². The highest BCUT2D eigenvalue weighted by Gasteiger charge is 2.44. The van der Waals surface area contributed by atoms with Crippen molar-refractivity contribution in [2.45, 2.75) is 45.6 Å². The first-order valence-electron chi connectivity index (χ1n) is 6.50. The van der Waals surface area contributed by atoms with Gasteiger partial charge in [-0.3, -0.25) is 4.79 Å². The second-order valence-corrected chi connectivity index (χ2v) is 5.97. The molecule has 0 spiro atoms. The van der Waals surface area contributed by atoms with Gasteiger partial charge in [0.2, 0.25) is 5.91 Å². The zero-order valence-electron chi connectivity index (χ0n) is 10.3. The zero-order valence-corrected chi connectivity index (χ0v) is 11.0. The lowest BCUT2D eigenvalue weighted by molar-refractivity contribution is -0.138. The van der Waals surface area contributed by atoms with Crippen LogP contribution in [0.4, 0.5) is 0 Å². The minimum Gasteiger partial charge on any atom is -0.339 e. The SMILES string of the molecule is CC(C)N(CCCl)C(=O)C1CC2CCC1C2. The molecule has 0 radical (unpaired) electrons. The van der Waals surface area contributed by atoms with Crippen LogP contribution in [0, 0.1) is 17.8 Å². The largest absolute Gasteiger partial charge is 0.339 e. The molecule has 2 rings (SSSR count). The number of fused-ring (bicyclic) bond motifs is 2. The van der Waals surface area contributed by atoms with Crippen molar-refractivity contribution in [3.05, 3.63) is 0 Å². The topological polar surface area (TPSA) is 20.3 Å². The quantitative estimate of drug-likeness (QED) is 0.696. The summed E-state index contributed by atoms with van der Waals surface area (Å²) >= 11 is 5.78. The minimum atomic E-state index is 0.283. The molecule has 92 valence electrons. The number of alkyl halides is 1. The molecular weight excluding hydrogens is 222 g/mol. The van der Waals surface area contributed by atoms with Gasteiger partial charge in [-0.05, 0) is 44.9 Å². The van der Waals surface area contributed by atoms with E-state index in [1.165, 1.54) is 19.3 Å². The van der Waals surface area contributed by atoms with E-state index in [-0.39, 0.29) is 6.04 Å². The van der Waals surface area contributed by atoms with Crippen LogP contribution in [0.2, 0.25) is 0 Å². The Labute approximate surface area is 103 Å². The summed E-state index contributed by atoms with van der Waals surface area (Å²) in [7, 11) is 0. The van der Waals surface area contributed by atoms with E-state index in [9.17, 15) is 4.79 Å². The number of halogens is 1. The van der Waals surface area contributed by atoms with Crippen LogP contribution in [0.25, 0.3) is 0 Å². The van der Waals surface area contributed by atoms with Crippen molar-refractivity contribution in [1.82, 2.24) is 4.90 Å². The molecular formula is C13H22ClNO. The minimum absolute atomic E-state index is 0.283. The Bertz CT molecular complexity index is 263. The summed E-state index contributed by atoms with van der Waals surface area (Å²) in [6.45, 7) is 4.86. The van der Waals surface area contributed by atoms with Crippen molar-refractivity contribution in [2.24, 2.45) is 17.8 Å². The molecule has 1 amide bonds. The Morgan fingerprint density at radius 2 is 2.12 bits per heavy atom. The third-order valence-electron chi connectivity index (χ3n) is 4.29. The van der Waals surface area contributed by atoms with Crippen molar-refractivity contribution in [2.75, 3.05) is 12.4 Å². The molecule has 0 aromatic heterocycles. The zero-order chi connectivity index (χ0) is 11.7. The van der Waals surface area contributed by atoms with Crippen LogP contribution in [0.5, 0.6) is 0 Å². The number of hydrogen-bond donors (Lipinski definition) is 0. The molecule has 2 fully saturated rings. The summed E-state index contributed by atoms with van der Waals surface area (Å²) in [5.41, 5.74) is 0. The predicted octanol–water partition coefficient (Wildman–Crippen LogP) is 2.90. The van der Waals surface area contributed by atoms with E-state index in [1.807, 2.05) is 4.90 Å². The van der Waals surface area contributed by atoms with E-state index >= 15 is 0 Å². The standard InChI is InChI=1S/C13H22ClNO/c1-9(2)15(6-5-14)13(16)12-8-10-3-4-11(12)7-10/h9-12H,3-8H2,1-2H3. The number of carbonyl (C=O) groups excluding carboxylic acids is 1. The second-order valence-electron chi connectivity index (χ2n) is 5.60. The number of rotatable bonds is 4. The van der Waals surface area contributed by atoms with Gasteiger partial charge in [-0.2, -0.15) is 0 Å².